The average molecular weight is 376 g/mol. The Bertz CT molecular complexity index is 1010. The quantitative estimate of drug-likeness (QED) is 0.208. The van der Waals surface area contributed by atoms with Crippen LogP contribution in [0.1, 0.15) is 11.3 Å². The normalized spacial score (nSPS) is 12.2. The van der Waals surface area contributed by atoms with Crippen LogP contribution in [0, 0.1) is 15.3 Å². The highest BCUT2D eigenvalue weighted by atomic mass is 19.4. The molecule has 3 rings (SSSR count). The molecule has 1 heterocycles. The second kappa shape index (κ2) is 6.94. The number of furan rings is 1. The van der Waals surface area contributed by atoms with Gasteiger partial charge in [-0.15, -0.1) is 0 Å². The van der Waals surface area contributed by atoms with Crippen molar-refractivity contribution in [1.29, 1.82) is 0 Å². The first kappa shape index (κ1) is 18.2. The molecule has 0 unspecified atom stereocenters. The van der Waals surface area contributed by atoms with E-state index in [1.807, 2.05) is 0 Å². The Labute approximate surface area is 150 Å². The molecular formula is C18H11F3N2O4. The predicted octanol–water partition coefficient (Wildman–Crippen LogP) is 5.13. The molecule has 0 aliphatic carbocycles. The van der Waals surface area contributed by atoms with Gasteiger partial charge >= 0.3 is 6.18 Å². The van der Waals surface area contributed by atoms with Crippen LogP contribution < -0.4 is 0 Å². The van der Waals surface area contributed by atoms with Crippen molar-refractivity contribution < 1.29 is 27.3 Å². The van der Waals surface area contributed by atoms with Crippen LogP contribution in [-0.4, -0.2) is 15.9 Å². The molecule has 0 spiro atoms. The first-order valence-electron chi connectivity index (χ1n) is 7.58. The van der Waals surface area contributed by atoms with Crippen LogP contribution >= 0.6 is 0 Å². The lowest BCUT2D eigenvalue weighted by atomic mass is 10.1. The van der Waals surface area contributed by atoms with Gasteiger partial charge in [0.15, 0.2) is 5.76 Å². The van der Waals surface area contributed by atoms with Crippen molar-refractivity contribution in [3.63, 3.8) is 0 Å². The predicted molar refractivity (Wildman–Crippen MR) is 90.7 cm³/mol. The number of hydrogen-bond donors (Lipinski definition) is 0. The fourth-order valence-electron chi connectivity index (χ4n) is 2.40. The van der Waals surface area contributed by atoms with E-state index in [-0.39, 0.29) is 17.1 Å². The van der Waals surface area contributed by atoms with E-state index in [4.69, 9.17) is 4.42 Å². The molecule has 0 aliphatic rings. The van der Waals surface area contributed by atoms with Crippen molar-refractivity contribution in [2.75, 3.05) is 0 Å². The zero-order valence-corrected chi connectivity index (χ0v) is 13.5. The average Bonchev–Trinajstić information content (AvgIpc) is 3.09. The van der Waals surface area contributed by atoms with Crippen LogP contribution in [0.2, 0.25) is 0 Å². The molecule has 3 aromatic rings. The number of nitrogens with zero attached hydrogens (tertiary/aromatic N) is 2. The highest BCUT2D eigenvalue weighted by molar-refractivity contribution is 5.77. The molecule has 0 N–H and O–H groups in total. The molecule has 27 heavy (non-hydrogen) atoms. The fourth-order valence-corrected chi connectivity index (χ4v) is 2.40. The molecule has 0 fully saturated rings. The van der Waals surface area contributed by atoms with Crippen molar-refractivity contribution in [1.82, 2.24) is 0 Å². The van der Waals surface area contributed by atoms with Crippen LogP contribution in [0.15, 0.2) is 65.1 Å². The van der Waals surface area contributed by atoms with Crippen molar-refractivity contribution in [2.24, 2.45) is 0 Å². The summed E-state index contributed by atoms with van der Waals surface area (Å²) in [4.78, 5) is 10.3. The van der Waals surface area contributed by atoms with Gasteiger partial charge in [0.05, 0.1) is 16.1 Å². The summed E-state index contributed by atoms with van der Waals surface area (Å²) in [6, 6.07) is 13.1. The van der Waals surface area contributed by atoms with Gasteiger partial charge in [0, 0.05) is 18.2 Å². The summed E-state index contributed by atoms with van der Waals surface area (Å²) in [7, 11) is 0. The number of hydrogen-bond acceptors (Lipinski definition) is 4. The van der Waals surface area contributed by atoms with Crippen molar-refractivity contribution in [3.05, 3.63) is 87.3 Å². The Kier molecular flexibility index (Phi) is 4.68. The zero-order valence-electron chi connectivity index (χ0n) is 13.5. The molecule has 0 saturated heterocycles. The topological polar surface area (TPSA) is 82.3 Å². The first-order chi connectivity index (χ1) is 12.8. The Balaban J connectivity index is 1.98. The molecule has 138 valence electrons. The summed E-state index contributed by atoms with van der Waals surface area (Å²) >= 11 is 0. The van der Waals surface area contributed by atoms with Crippen LogP contribution in [-0.2, 0) is 6.18 Å². The molecule has 0 atom stereocenters. The Morgan fingerprint density at radius 1 is 0.963 bits per heavy atom. The second-order valence-electron chi connectivity index (χ2n) is 5.48. The molecular weight excluding hydrogens is 365 g/mol. The zero-order chi connectivity index (χ0) is 19.6. The molecule has 0 aliphatic heterocycles. The summed E-state index contributed by atoms with van der Waals surface area (Å²) < 4.78 is 44.3. The maximum absolute atomic E-state index is 12.8. The van der Waals surface area contributed by atoms with Crippen LogP contribution in [0.4, 0.5) is 24.5 Å². The smallest absolute Gasteiger partial charge is 0.416 e. The third-order valence-electron chi connectivity index (χ3n) is 3.67. The number of benzene rings is 2. The summed E-state index contributed by atoms with van der Waals surface area (Å²) in [6.07, 6.45) is -3.58. The van der Waals surface area contributed by atoms with E-state index < -0.39 is 22.4 Å². The summed E-state index contributed by atoms with van der Waals surface area (Å²) in [5.74, 6) is 0.0705. The SMILES string of the molecule is O=[N+]([O-])c1cc(C(F)(F)F)ccc1-c1ccc(C=[N+]([O-])c2ccccc2)o1. The van der Waals surface area contributed by atoms with Gasteiger partial charge in [-0.05, 0) is 24.3 Å². The lowest BCUT2D eigenvalue weighted by Crippen LogP contribution is -2.06. The minimum Gasteiger partial charge on any atom is -0.618 e. The van der Waals surface area contributed by atoms with Gasteiger partial charge in [-0.3, -0.25) is 10.1 Å². The van der Waals surface area contributed by atoms with E-state index in [1.54, 1.807) is 30.3 Å². The number of alkyl halides is 3. The van der Waals surface area contributed by atoms with Gasteiger partial charge in [0.2, 0.25) is 11.9 Å². The molecule has 9 heteroatoms. The molecule has 0 amide bonds. The Hall–Kier alpha value is -3.62. The molecule has 6 nitrogen and oxygen atoms in total. The van der Waals surface area contributed by atoms with E-state index in [1.165, 1.54) is 12.1 Å². The maximum Gasteiger partial charge on any atom is 0.416 e. The number of nitro benzene ring substituents is 1. The molecule has 1 aromatic heterocycles. The molecule has 0 bridgehead atoms. The minimum atomic E-state index is -4.70. The summed E-state index contributed by atoms with van der Waals surface area (Å²) in [6.45, 7) is 0. The number of para-hydroxylation sites is 1. The van der Waals surface area contributed by atoms with Gasteiger partial charge in [0.1, 0.15) is 5.76 Å². The van der Waals surface area contributed by atoms with Crippen LogP contribution in [0.5, 0.6) is 0 Å². The number of nitro groups is 1. The van der Waals surface area contributed by atoms with Crippen LogP contribution in [0.3, 0.4) is 0 Å². The monoisotopic (exact) mass is 376 g/mol. The third-order valence-corrected chi connectivity index (χ3v) is 3.67. The van der Waals surface area contributed by atoms with E-state index in [0.29, 0.717) is 16.5 Å². The maximum atomic E-state index is 12.8. The lowest BCUT2D eigenvalue weighted by molar-refractivity contribution is -0.384. The third kappa shape index (κ3) is 3.97. The summed E-state index contributed by atoms with van der Waals surface area (Å²) in [5.41, 5.74) is -1.65. The van der Waals surface area contributed by atoms with Crippen LogP contribution in [0.25, 0.3) is 11.3 Å². The first-order valence-corrected chi connectivity index (χ1v) is 7.58. The Morgan fingerprint density at radius 2 is 1.67 bits per heavy atom. The van der Waals surface area contributed by atoms with Crippen molar-refractivity contribution in [2.45, 2.75) is 6.18 Å². The van der Waals surface area contributed by atoms with Gasteiger partial charge in [-0.1, -0.05) is 18.2 Å². The standard InChI is InChI=1S/C18H11F3N2O4/c19-18(20,21)12-6-8-15(16(10-12)23(25)26)17-9-7-14(27-17)11-22(24)13-4-2-1-3-5-13/h1-11H. The lowest BCUT2D eigenvalue weighted by Gasteiger charge is -2.07. The van der Waals surface area contributed by atoms with Gasteiger partial charge in [-0.25, -0.2) is 0 Å². The highest BCUT2D eigenvalue weighted by Crippen LogP contribution is 2.37. The van der Waals surface area contributed by atoms with Gasteiger partial charge in [-0.2, -0.15) is 17.9 Å². The van der Waals surface area contributed by atoms with E-state index in [9.17, 15) is 28.5 Å². The number of halogens is 3. The fraction of sp³-hybridized carbons (Fsp3) is 0.0556. The largest absolute Gasteiger partial charge is 0.618 e. The van der Waals surface area contributed by atoms with Crippen molar-refractivity contribution in [3.8, 4) is 11.3 Å². The van der Waals surface area contributed by atoms with Crippen molar-refractivity contribution >= 4 is 17.6 Å². The molecule has 0 radical (unpaired) electrons. The number of rotatable bonds is 4. The van der Waals surface area contributed by atoms with Gasteiger partial charge in [0.25, 0.3) is 5.69 Å². The molecule has 0 saturated carbocycles. The highest BCUT2D eigenvalue weighted by Gasteiger charge is 2.33. The summed E-state index contributed by atoms with van der Waals surface area (Å²) in [5, 5.41) is 23.2. The molecule has 2 aromatic carbocycles. The van der Waals surface area contributed by atoms with E-state index >= 15 is 0 Å². The van der Waals surface area contributed by atoms with E-state index in [0.717, 1.165) is 18.3 Å². The minimum absolute atomic E-state index is 0.0249. The second-order valence-corrected chi connectivity index (χ2v) is 5.48. The van der Waals surface area contributed by atoms with E-state index in [2.05, 4.69) is 0 Å². The van der Waals surface area contributed by atoms with Gasteiger partial charge < -0.3 is 9.62 Å². The Morgan fingerprint density at radius 3 is 2.30 bits per heavy atom.